The van der Waals surface area contributed by atoms with E-state index in [1.165, 1.54) is 0 Å². The molecule has 0 unspecified atom stereocenters. The average Bonchev–Trinajstić information content (AvgIpc) is 2.67. The van der Waals surface area contributed by atoms with Gasteiger partial charge in [0.1, 0.15) is 12.6 Å². The normalized spacial score (nSPS) is 15.9. The molecular formula is C20H22ClNO4. The van der Waals surface area contributed by atoms with Gasteiger partial charge in [0.05, 0.1) is 13.7 Å². The van der Waals surface area contributed by atoms with E-state index in [0.717, 1.165) is 16.7 Å². The average molecular weight is 376 g/mol. The van der Waals surface area contributed by atoms with E-state index in [2.05, 4.69) is 5.32 Å². The van der Waals surface area contributed by atoms with Gasteiger partial charge in [-0.1, -0.05) is 29.8 Å². The lowest BCUT2D eigenvalue weighted by molar-refractivity contribution is -0.145. The number of rotatable bonds is 6. The van der Waals surface area contributed by atoms with Gasteiger partial charge in [0, 0.05) is 23.6 Å². The SMILES string of the molecule is CCOC(=O)[C@@H]1Cc2c(ccc(OC)c2OCc2ccc(Cl)cc2)CN1. The van der Waals surface area contributed by atoms with Crippen LogP contribution in [-0.2, 0) is 29.1 Å². The smallest absolute Gasteiger partial charge is 0.323 e. The zero-order valence-electron chi connectivity index (χ0n) is 14.9. The molecule has 1 atom stereocenters. The first-order valence-electron chi connectivity index (χ1n) is 8.58. The van der Waals surface area contributed by atoms with E-state index >= 15 is 0 Å². The Labute approximate surface area is 158 Å². The predicted octanol–water partition coefficient (Wildman–Crippen LogP) is 3.51. The first-order chi connectivity index (χ1) is 12.6. The number of ether oxygens (including phenoxy) is 3. The number of carbonyl (C=O) groups is 1. The molecule has 0 aromatic heterocycles. The number of carbonyl (C=O) groups excluding carboxylic acids is 1. The molecule has 0 aliphatic carbocycles. The highest BCUT2D eigenvalue weighted by Gasteiger charge is 2.29. The third-order valence-corrected chi connectivity index (χ3v) is 4.61. The summed E-state index contributed by atoms with van der Waals surface area (Å²) < 4.78 is 16.7. The van der Waals surface area contributed by atoms with Gasteiger partial charge in [-0.05, 0) is 36.2 Å². The van der Waals surface area contributed by atoms with E-state index in [1.807, 2.05) is 36.4 Å². The van der Waals surface area contributed by atoms with Crippen LogP contribution in [-0.4, -0.2) is 25.7 Å². The fourth-order valence-electron chi connectivity index (χ4n) is 3.01. The lowest BCUT2D eigenvalue weighted by atomic mass is 9.94. The van der Waals surface area contributed by atoms with Crippen molar-refractivity contribution >= 4 is 17.6 Å². The summed E-state index contributed by atoms with van der Waals surface area (Å²) >= 11 is 5.93. The molecule has 0 radical (unpaired) electrons. The van der Waals surface area contributed by atoms with Crippen molar-refractivity contribution in [3.63, 3.8) is 0 Å². The molecule has 138 valence electrons. The van der Waals surface area contributed by atoms with E-state index in [1.54, 1.807) is 14.0 Å². The van der Waals surface area contributed by atoms with Crippen LogP contribution in [0, 0.1) is 0 Å². The first kappa shape index (κ1) is 18.5. The van der Waals surface area contributed by atoms with E-state index < -0.39 is 0 Å². The van der Waals surface area contributed by atoms with Gasteiger partial charge in [0.2, 0.25) is 0 Å². The summed E-state index contributed by atoms with van der Waals surface area (Å²) in [5.41, 5.74) is 3.08. The minimum Gasteiger partial charge on any atom is -0.493 e. The molecule has 0 fully saturated rings. The Balaban J connectivity index is 1.84. The molecular weight excluding hydrogens is 354 g/mol. The summed E-state index contributed by atoms with van der Waals surface area (Å²) in [7, 11) is 1.61. The maximum atomic E-state index is 12.1. The van der Waals surface area contributed by atoms with Crippen LogP contribution >= 0.6 is 11.6 Å². The van der Waals surface area contributed by atoms with Crippen molar-refractivity contribution in [2.75, 3.05) is 13.7 Å². The Morgan fingerprint density at radius 3 is 2.69 bits per heavy atom. The van der Waals surface area contributed by atoms with Gasteiger partial charge in [-0.15, -0.1) is 0 Å². The monoisotopic (exact) mass is 375 g/mol. The van der Waals surface area contributed by atoms with E-state index in [4.69, 9.17) is 25.8 Å². The molecule has 2 aromatic carbocycles. The van der Waals surface area contributed by atoms with Gasteiger partial charge in [-0.2, -0.15) is 0 Å². The van der Waals surface area contributed by atoms with Crippen molar-refractivity contribution in [3.8, 4) is 11.5 Å². The standard InChI is InChI=1S/C20H22ClNO4/c1-3-25-20(23)17-10-16-14(11-22-17)6-9-18(24-2)19(16)26-12-13-4-7-15(21)8-5-13/h4-9,17,22H,3,10-12H2,1-2H3/t17-/m0/s1. The van der Waals surface area contributed by atoms with Crippen molar-refractivity contribution < 1.29 is 19.0 Å². The zero-order chi connectivity index (χ0) is 18.5. The topological polar surface area (TPSA) is 56.8 Å². The molecule has 0 saturated heterocycles. The molecule has 1 heterocycles. The first-order valence-corrected chi connectivity index (χ1v) is 8.96. The predicted molar refractivity (Wildman–Crippen MR) is 99.7 cm³/mol. The molecule has 2 aromatic rings. The molecule has 0 saturated carbocycles. The fraction of sp³-hybridized carbons (Fsp3) is 0.350. The minimum atomic E-state index is -0.382. The third-order valence-electron chi connectivity index (χ3n) is 4.36. The lowest BCUT2D eigenvalue weighted by Gasteiger charge is -2.27. The second-order valence-corrected chi connectivity index (χ2v) is 6.48. The van der Waals surface area contributed by atoms with Crippen molar-refractivity contribution in [2.45, 2.75) is 32.5 Å². The molecule has 0 bridgehead atoms. The van der Waals surface area contributed by atoms with Crippen molar-refractivity contribution in [1.82, 2.24) is 5.32 Å². The maximum absolute atomic E-state index is 12.1. The number of fused-ring (bicyclic) bond motifs is 1. The molecule has 0 amide bonds. The number of nitrogens with one attached hydrogen (secondary N) is 1. The molecule has 3 rings (SSSR count). The van der Waals surface area contributed by atoms with Crippen molar-refractivity contribution in [1.29, 1.82) is 0 Å². The summed E-state index contributed by atoms with van der Waals surface area (Å²) in [5, 5.41) is 3.91. The van der Waals surface area contributed by atoms with Gasteiger partial charge < -0.3 is 19.5 Å². The number of halogens is 1. The summed E-state index contributed by atoms with van der Waals surface area (Å²) in [5.74, 6) is 1.09. The number of esters is 1. The van der Waals surface area contributed by atoms with Crippen LogP contribution in [0.15, 0.2) is 36.4 Å². The van der Waals surface area contributed by atoms with Gasteiger partial charge >= 0.3 is 5.97 Å². The van der Waals surface area contributed by atoms with Gasteiger partial charge in [-0.25, -0.2) is 0 Å². The van der Waals surface area contributed by atoms with Crippen LogP contribution in [0.2, 0.25) is 5.02 Å². The van der Waals surface area contributed by atoms with Crippen LogP contribution in [0.5, 0.6) is 11.5 Å². The second kappa shape index (κ2) is 8.43. The number of hydrogen-bond acceptors (Lipinski definition) is 5. The van der Waals surface area contributed by atoms with Crippen LogP contribution in [0.3, 0.4) is 0 Å². The lowest BCUT2D eigenvalue weighted by Crippen LogP contribution is -2.42. The van der Waals surface area contributed by atoms with Gasteiger partial charge in [0.15, 0.2) is 11.5 Å². The molecule has 1 N–H and O–H groups in total. The molecule has 1 aliphatic rings. The summed E-state index contributed by atoms with van der Waals surface area (Å²) in [6, 6.07) is 11.0. The van der Waals surface area contributed by atoms with E-state index in [-0.39, 0.29) is 12.0 Å². The molecule has 0 spiro atoms. The Bertz CT molecular complexity index is 776. The third kappa shape index (κ3) is 4.11. The van der Waals surface area contributed by atoms with Gasteiger partial charge in [-0.3, -0.25) is 4.79 Å². The highest BCUT2D eigenvalue weighted by Crippen LogP contribution is 2.37. The van der Waals surface area contributed by atoms with Crippen LogP contribution in [0.4, 0.5) is 0 Å². The molecule has 5 nitrogen and oxygen atoms in total. The zero-order valence-corrected chi connectivity index (χ0v) is 15.6. The van der Waals surface area contributed by atoms with Crippen LogP contribution < -0.4 is 14.8 Å². The van der Waals surface area contributed by atoms with Crippen LogP contribution in [0.1, 0.15) is 23.6 Å². The quantitative estimate of drug-likeness (QED) is 0.783. The van der Waals surface area contributed by atoms with E-state index in [9.17, 15) is 4.79 Å². The molecule has 1 aliphatic heterocycles. The largest absolute Gasteiger partial charge is 0.493 e. The summed E-state index contributed by atoms with van der Waals surface area (Å²) in [6.07, 6.45) is 0.501. The van der Waals surface area contributed by atoms with Crippen LogP contribution in [0.25, 0.3) is 0 Å². The van der Waals surface area contributed by atoms with Crippen molar-refractivity contribution in [2.24, 2.45) is 0 Å². The number of hydrogen-bond donors (Lipinski definition) is 1. The highest BCUT2D eigenvalue weighted by atomic mass is 35.5. The Kier molecular flexibility index (Phi) is 6.01. The van der Waals surface area contributed by atoms with Gasteiger partial charge in [0.25, 0.3) is 0 Å². The van der Waals surface area contributed by atoms with Crippen molar-refractivity contribution in [3.05, 3.63) is 58.1 Å². The Morgan fingerprint density at radius 1 is 1.23 bits per heavy atom. The molecule has 6 heteroatoms. The minimum absolute atomic E-state index is 0.246. The summed E-state index contributed by atoms with van der Waals surface area (Å²) in [4.78, 5) is 12.1. The number of methoxy groups -OCH3 is 1. The number of benzene rings is 2. The second-order valence-electron chi connectivity index (χ2n) is 6.04. The maximum Gasteiger partial charge on any atom is 0.323 e. The highest BCUT2D eigenvalue weighted by molar-refractivity contribution is 6.30. The fourth-order valence-corrected chi connectivity index (χ4v) is 3.14. The Hall–Kier alpha value is -2.24. The molecule has 26 heavy (non-hydrogen) atoms. The Morgan fingerprint density at radius 2 is 2.00 bits per heavy atom. The van der Waals surface area contributed by atoms with E-state index in [0.29, 0.717) is 42.7 Å². The summed E-state index contributed by atoms with van der Waals surface area (Å²) in [6.45, 7) is 3.14.